The first kappa shape index (κ1) is 27.6. The average molecular weight is 470 g/mol. The van der Waals surface area contributed by atoms with E-state index in [9.17, 15) is 22.8 Å². The van der Waals surface area contributed by atoms with Crippen molar-refractivity contribution in [1.29, 1.82) is 0 Å². The molecule has 0 saturated heterocycles. The van der Waals surface area contributed by atoms with Gasteiger partial charge >= 0.3 is 5.97 Å². The molecular weight excluding hydrogens is 434 g/mol. The third-order valence-electron chi connectivity index (χ3n) is 4.56. The van der Waals surface area contributed by atoms with Gasteiger partial charge in [-0.2, -0.15) is 4.31 Å². The lowest BCUT2D eigenvalue weighted by atomic mass is 10.1. The first-order chi connectivity index (χ1) is 14.8. The van der Waals surface area contributed by atoms with Crippen LogP contribution in [0, 0.1) is 0 Å². The maximum absolute atomic E-state index is 12.5. The number of rotatable bonds is 11. The number of nitrogens with one attached hydrogen (secondary N) is 1. The number of amides is 2. The zero-order valence-electron chi connectivity index (χ0n) is 19.8. The minimum Gasteiger partial charge on any atom is -0.456 e. The van der Waals surface area contributed by atoms with Crippen molar-refractivity contribution in [3.05, 3.63) is 29.8 Å². The standard InChI is InChI=1S/C22H35N3O6S/c1-7-25(8-2)32(29,30)18-12-9-17(10-13-18)11-14-21(28)31-16-20(27)24(6)15-19(26)23-22(3,4)5/h9-10,12-13H,7-8,11,14-16H2,1-6H3,(H,23,26). The molecule has 0 atom stereocenters. The van der Waals surface area contributed by atoms with Crippen molar-refractivity contribution in [3.8, 4) is 0 Å². The molecule has 0 bridgehead atoms. The number of carbonyl (C=O) groups excluding carboxylic acids is 3. The molecule has 0 aliphatic heterocycles. The molecule has 2 amide bonds. The molecule has 0 spiro atoms. The van der Waals surface area contributed by atoms with Crippen LogP contribution in [0.15, 0.2) is 29.2 Å². The van der Waals surface area contributed by atoms with Gasteiger partial charge < -0.3 is 15.0 Å². The van der Waals surface area contributed by atoms with Crippen LogP contribution in [0.1, 0.15) is 46.6 Å². The van der Waals surface area contributed by atoms with Crippen molar-refractivity contribution in [1.82, 2.24) is 14.5 Å². The Morgan fingerprint density at radius 1 is 1.03 bits per heavy atom. The summed E-state index contributed by atoms with van der Waals surface area (Å²) in [4.78, 5) is 37.3. The maximum Gasteiger partial charge on any atom is 0.306 e. The third kappa shape index (κ3) is 8.96. The molecule has 10 heteroatoms. The van der Waals surface area contributed by atoms with Crippen LogP contribution in [0.2, 0.25) is 0 Å². The van der Waals surface area contributed by atoms with Gasteiger partial charge in [0.1, 0.15) is 0 Å². The van der Waals surface area contributed by atoms with Gasteiger partial charge in [-0.1, -0.05) is 26.0 Å². The van der Waals surface area contributed by atoms with Gasteiger partial charge in [-0.15, -0.1) is 0 Å². The Balaban J connectivity index is 2.49. The Hall–Kier alpha value is -2.46. The Morgan fingerprint density at radius 2 is 1.59 bits per heavy atom. The van der Waals surface area contributed by atoms with Crippen molar-refractivity contribution in [2.24, 2.45) is 0 Å². The Kier molecular flexibility index (Phi) is 10.3. The molecule has 0 unspecified atom stereocenters. The topological polar surface area (TPSA) is 113 Å². The molecule has 1 N–H and O–H groups in total. The lowest BCUT2D eigenvalue weighted by Gasteiger charge is -2.23. The van der Waals surface area contributed by atoms with Crippen molar-refractivity contribution < 1.29 is 27.5 Å². The van der Waals surface area contributed by atoms with E-state index in [2.05, 4.69) is 5.32 Å². The SMILES string of the molecule is CCN(CC)S(=O)(=O)c1ccc(CCC(=O)OCC(=O)N(C)CC(=O)NC(C)(C)C)cc1. The Bertz CT molecular complexity index is 887. The van der Waals surface area contributed by atoms with Crippen molar-refractivity contribution in [2.45, 2.75) is 57.9 Å². The van der Waals surface area contributed by atoms with E-state index < -0.39 is 34.0 Å². The number of sulfonamides is 1. The van der Waals surface area contributed by atoms with E-state index in [1.807, 2.05) is 20.8 Å². The van der Waals surface area contributed by atoms with Crippen molar-refractivity contribution in [3.63, 3.8) is 0 Å². The summed E-state index contributed by atoms with van der Waals surface area (Å²) in [7, 11) is -2.06. The maximum atomic E-state index is 12.5. The number of benzene rings is 1. The average Bonchev–Trinajstić information content (AvgIpc) is 2.69. The van der Waals surface area contributed by atoms with Gasteiger partial charge in [0.05, 0.1) is 11.4 Å². The fourth-order valence-corrected chi connectivity index (χ4v) is 4.33. The van der Waals surface area contributed by atoms with Gasteiger partial charge in [0.25, 0.3) is 5.91 Å². The summed E-state index contributed by atoms with van der Waals surface area (Å²) in [5.74, 6) is -1.33. The number of likely N-dealkylation sites (N-methyl/N-ethyl adjacent to an activating group) is 1. The van der Waals surface area contributed by atoms with Crippen LogP contribution in [0.5, 0.6) is 0 Å². The van der Waals surface area contributed by atoms with E-state index in [0.717, 1.165) is 5.56 Å². The highest BCUT2D eigenvalue weighted by molar-refractivity contribution is 7.89. The second-order valence-electron chi connectivity index (χ2n) is 8.44. The molecule has 1 aromatic carbocycles. The highest BCUT2D eigenvalue weighted by Crippen LogP contribution is 2.17. The fraction of sp³-hybridized carbons (Fsp3) is 0.591. The quantitative estimate of drug-likeness (QED) is 0.492. The summed E-state index contributed by atoms with van der Waals surface area (Å²) >= 11 is 0. The molecule has 0 aliphatic rings. The third-order valence-corrected chi connectivity index (χ3v) is 6.63. The van der Waals surface area contributed by atoms with Crippen molar-refractivity contribution in [2.75, 3.05) is 33.3 Å². The van der Waals surface area contributed by atoms with Gasteiger partial charge in [-0.3, -0.25) is 14.4 Å². The van der Waals surface area contributed by atoms with Crippen LogP contribution in [-0.4, -0.2) is 74.2 Å². The number of ether oxygens (including phenoxy) is 1. The summed E-state index contributed by atoms with van der Waals surface area (Å²) < 4.78 is 31.4. The fourth-order valence-electron chi connectivity index (χ4n) is 2.87. The van der Waals surface area contributed by atoms with Crippen LogP contribution in [0.3, 0.4) is 0 Å². The summed E-state index contributed by atoms with van der Waals surface area (Å²) in [6.07, 6.45) is 0.395. The van der Waals surface area contributed by atoms with E-state index >= 15 is 0 Å². The molecule has 0 fully saturated rings. The van der Waals surface area contributed by atoms with E-state index in [1.54, 1.807) is 26.0 Å². The van der Waals surface area contributed by atoms with Gasteiger partial charge in [-0.05, 0) is 44.9 Å². The second-order valence-corrected chi connectivity index (χ2v) is 10.4. The number of aryl methyl sites for hydroxylation is 1. The molecule has 180 valence electrons. The smallest absolute Gasteiger partial charge is 0.306 e. The van der Waals surface area contributed by atoms with Crippen LogP contribution in [-0.2, 0) is 35.6 Å². The highest BCUT2D eigenvalue weighted by atomic mass is 32.2. The first-order valence-electron chi connectivity index (χ1n) is 10.6. The van der Waals surface area contributed by atoms with Gasteiger partial charge in [0, 0.05) is 32.1 Å². The summed E-state index contributed by atoms with van der Waals surface area (Å²) in [6.45, 7) is 9.29. The van der Waals surface area contributed by atoms with E-state index in [-0.39, 0.29) is 23.8 Å². The number of esters is 1. The Labute approximate surface area is 191 Å². The largest absolute Gasteiger partial charge is 0.456 e. The number of hydrogen-bond acceptors (Lipinski definition) is 6. The molecule has 9 nitrogen and oxygen atoms in total. The zero-order valence-corrected chi connectivity index (χ0v) is 20.6. The van der Waals surface area contributed by atoms with E-state index in [4.69, 9.17) is 4.74 Å². The highest BCUT2D eigenvalue weighted by Gasteiger charge is 2.21. The minimum atomic E-state index is -3.52. The van der Waals surface area contributed by atoms with E-state index in [0.29, 0.717) is 19.5 Å². The lowest BCUT2D eigenvalue weighted by molar-refractivity contribution is -0.152. The van der Waals surface area contributed by atoms with Gasteiger partial charge in [-0.25, -0.2) is 8.42 Å². The number of carbonyl (C=O) groups is 3. The monoisotopic (exact) mass is 469 g/mol. The molecule has 0 saturated carbocycles. The predicted molar refractivity (Wildman–Crippen MR) is 121 cm³/mol. The molecule has 0 heterocycles. The van der Waals surface area contributed by atoms with Crippen LogP contribution >= 0.6 is 0 Å². The molecular formula is C22H35N3O6S. The molecule has 1 aromatic rings. The van der Waals surface area contributed by atoms with Crippen LogP contribution < -0.4 is 5.32 Å². The summed E-state index contributed by atoms with van der Waals surface area (Å²) in [5.41, 5.74) is 0.379. The number of hydrogen-bond donors (Lipinski definition) is 1. The van der Waals surface area contributed by atoms with Crippen LogP contribution in [0.4, 0.5) is 0 Å². The Morgan fingerprint density at radius 3 is 2.09 bits per heavy atom. The second kappa shape index (κ2) is 12.0. The van der Waals surface area contributed by atoms with Crippen molar-refractivity contribution >= 4 is 27.8 Å². The summed E-state index contributed by atoms with van der Waals surface area (Å²) in [5, 5.41) is 2.75. The molecule has 1 rings (SSSR count). The summed E-state index contributed by atoms with van der Waals surface area (Å²) in [6, 6.07) is 6.37. The lowest BCUT2D eigenvalue weighted by Crippen LogP contribution is -2.46. The normalized spacial score (nSPS) is 11.8. The first-order valence-corrected chi connectivity index (χ1v) is 12.0. The van der Waals surface area contributed by atoms with Crippen LogP contribution in [0.25, 0.3) is 0 Å². The van der Waals surface area contributed by atoms with E-state index in [1.165, 1.54) is 28.4 Å². The number of nitrogens with zero attached hydrogens (tertiary/aromatic N) is 2. The molecule has 0 radical (unpaired) electrons. The molecule has 32 heavy (non-hydrogen) atoms. The minimum absolute atomic E-state index is 0.0453. The van der Waals surface area contributed by atoms with Gasteiger partial charge in [0.2, 0.25) is 15.9 Å². The molecule has 0 aromatic heterocycles. The predicted octanol–water partition coefficient (Wildman–Crippen LogP) is 1.57. The zero-order chi connectivity index (χ0) is 24.5. The van der Waals surface area contributed by atoms with Gasteiger partial charge in [0.15, 0.2) is 6.61 Å². The molecule has 0 aliphatic carbocycles.